The minimum atomic E-state index is -0.343. The molecule has 1 aliphatic rings. The van der Waals surface area contributed by atoms with Gasteiger partial charge in [0.25, 0.3) is 0 Å². The van der Waals surface area contributed by atoms with Crippen molar-refractivity contribution in [3.05, 3.63) is 65.2 Å². The highest BCUT2D eigenvalue weighted by Crippen LogP contribution is 2.38. The highest BCUT2D eigenvalue weighted by Gasteiger charge is 2.33. The molecule has 0 saturated heterocycles. The molecule has 0 saturated carbocycles. The summed E-state index contributed by atoms with van der Waals surface area (Å²) in [4.78, 5) is 24.7. The summed E-state index contributed by atoms with van der Waals surface area (Å²) in [5.74, 6) is 2.92. The maximum absolute atomic E-state index is 12.7. The molecule has 2 atom stereocenters. The van der Waals surface area contributed by atoms with Gasteiger partial charge in [-0.3, -0.25) is 19.5 Å². The van der Waals surface area contributed by atoms with Gasteiger partial charge in [-0.2, -0.15) is 0 Å². The van der Waals surface area contributed by atoms with Gasteiger partial charge in [-0.15, -0.1) is 22.0 Å². The first-order valence-corrected chi connectivity index (χ1v) is 14.1. The van der Waals surface area contributed by atoms with Crippen molar-refractivity contribution in [2.45, 2.75) is 44.2 Å². The molecule has 2 heterocycles. The summed E-state index contributed by atoms with van der Waals surface area (Å²) in [6.07, 6.45) is 0.240. The molecule has 208 valence electrons. The van der Waals surface area contributed by atoms with Crippen LogP contribution in [0.1, 0.15) is 55.1 Å². The maximum atomic E-state index is 12.7. The second kappa shape index (κ2) is 13.6. The smallest absolute Gasteiger partial charge is 0.222 e. The zero-order valence-corrected chi connectivity index (χ0v) is 23.6. The number of amides is 2. The number of aromatic nitrogens is 3. The topological polar surface area (TPSA) is 119 Å². The molecule has 11 heteroatoms. The molecule has 0 fully saturated rings. The van der Waals surface area contributed by atoms with Gasteiger partial charge >= 0.3 is 0 Å². The number of nitrogens with one attached hydrogen (secondary N) is 3. The summed E-state index contributed by atoms with van der Waals surface area (Å²) >= 11 is 1.72. The molecule has 2 unspecified atom stereocenters. The molecule has 0 aliphatic carbocycles. The van der Waals surface area contributed by atoms with Gasteiger partial charge in [-0.1, -0.05) is 12.1 Å². The summed E-state index contributed by atoms with van der Waals surface area (Å²) in [5.41, 5.74) is 3.04. The molecule has 1 aliphatic heterocycles. The van der Waals surface area contributed by atoms with E-state index in [1.165, 1.54) is 6.92 Å². The molecule has 2 aromatic carbocycles. The quantitative estimate of drug-likeness (QED) is 0.232. The fourth-order valence-electron chi connectivity index (χ4n) is 4.62. The molecule has 1 aromatic heterocycles. The van der Waals surface area contributed by atoms with Crippen LogP contribution >= 0.6 is 11.8 Å². The van der Waals surface area contributed by atoms with E-state index in [0.29, 0.717) is 32.1 Å². The second-order valence-corrected chi connectivity index (χ2v) is 10.4. The molecule has 3 aromatic rings. The third-order valence-corrected chi connectivity index (χ3v) is 7.39. The normalized spacial score (nSPS) is 16.1. The highest BCUT2D eigenvalue weighted by atomic mass is 32.2. The van der Waals surface area contributed by atoms with Gasteiger partial charge in [0.05, 0.1) is 38.1 Å². The Balaban J connectivity index is 1.56. The predicted octanol–water partition coefficient (Wildman–Crippen LogP) is 3.09. The highest BCUT2D eigenvalue weighted by molar-refractivity contribution is 7.99. The number of nitrogens with zero attached hydrogens (tertiary/aromatic N) is 3. The number of benzene rings is 2. The van der Waals surface area contributed by atoms with Crippen LogP contribution in [0.5, 0.6) is 5.75 Å². The van der Waals surface area contributed by atoms with Gasteiger partial charge < -0.3 is 20.1 Å². The van der Waals surface area contributed by atoms with Crippen LogP contribution in [-0.2, 0) is 14.3 Å². The van der Waals surface area contributed by atoms with E-state index in [4.69, 9.17) is 9.47 Å². The summed E-state index contributed by atoms with van der Waals surface area (Å²) < 4.78 is 13.2. The summed E-state index contributed by atoms with van der Waals surface area (Å²) in [7, 11) is 1.66. The number of methoxy groups -OCH3 is 1. The van der Waals surface area contributed by atoms with Gasteiger partial charge in [-0.25, -0.2) is 0 Å². The minimum absolute atomic E-state index is 0.0458. The third kappa shape index (κ3) is 7.17. The van der Waals surface area contributed by atoms with Crippen LogP contribution in [0.2, 0.25) is 0 Å². The van der Waals surface area contributed by atoms with E-state index in [-0.39, 0.29) is 30.3 Å². The number of rotatable bonds is 12. The number of thioether (sulfide) groups is 1. The van der Waals surface area contributed by atoms with Crippen LogP contribution in [0.4, 0.5) is 0 Å². The van der Waals surface area contributed by atoms with Crippen LogP contribution in [0.3, 0.4) is 0 Å². The number of fused-ring (bicyclic) bond motifs is 3. The number of carbonyl (C=O) groups is 2. The van der Waals surface area contributed by atoms with Crippen molar-refractivity contribution in [2.75, 3.05) is 39.2 Å². The zero-order chi connectivity index (χ0) is 27.8. The second-order valence-electron chi connectivity index (χ2n) is 9.19. The van der Waals surface area contributed by atoms with Gasteiger partial charge in [0, 0.05) is 42.6 Å². The lowest BCUT2D eigenvalue weighted by Crippen LogP contribution is -2.32. The largest absolute Gasteiger partial charge is 0.497 e. The molecular formula is C28H36N6O4S. The number of hydrogen-bond acceptors (Lipinski definition) is 8. The molecule has 4 rings (SSSR count). The van der Waals surface area contributed by atoms with Crippen LogP contribution in [0.15, 0.2) is 47.4 Å². The SMILES string of the molecule is CCNC(=O)CC1NC(c2ccc(SCCOCCNC(C)=O)cc2)c2cc(OC)ccc2-n2c(C)nnc21. The van der Waals surface area contributed by atoms with Crippen LogP contribution in [-0.4, -0.2) is 65.7 Å². The maximum Gasteiger partial charge on any atom is 0.222 e. The minimum Gasteiger partial charge on any atom is -0.497 e. The monoisotopic (exact) mass is 552 g/mol. The Morgan fingerprint density at radius 3 is 2.62 bits per heavy atom. The van der Waals surface area contributed by atoms with Gasteiger partial charge in [-0.05, 0) is 49.7 Å². The molecule has 10 nitrogen and oxygen atoms in total. The Labute approximate surface area is 233 Å². The molecule has 39 heavy (non-hydrogen) atoms. The summed E-state index contributed by atoms with van der Waals surface area (Å²) in [5, 5.41) is 18.1. The van der Waals surface area contributed by atoms with Crippen LogP contribution < -0.4 is 20.7 Å². The molecule has 0 spiro atoms. The lowest BCUT2D eigenvalue weighted by atomic mass is 9.96. The Hall–Kier alpha value is -3.41. The van der Waals surface area contributed by atoms with E-state index < -0.39 is 0 Å². The fraction of sp³-hybridized carbons (Fsp3) is 0.429. The van der Waals surface area contributed by atoms with E-state index in [0.717, 1.165) is 39.0 Å². The fourth-order valence-corrected chi connectivity index (χ4v) is 5.38. The summed E-state index contributed by atoms with van der Waals surface area (Å²) in [6.45, 7) is 7.51. The van der Waals surface area contributed by atoms with Crippen molar-refractivity contribution >= 4 is 23.6 Å². The van der Waals surface area contributed by atoms with Crippen molar-refractivity contribution in [3.63, 3.8) is 0 Å². The number of hydrogen-bond donors (Lipinski definition) is 3. The average Bonchev–Trinajstić information content (AvgIpc) is 3.25. The zero-order valence-electron chi connectivity index (χ0n) is 22.8. The third-order valence-electron chi connectivity index (χ3n) is 6.41. The Morgan fingerprint density at radius 1 is 1.10 bits per heavy atom. The lowest BCUT2D eigenvalue weighted by Gasteiger charge is -2.24. The van der Waals surface area contributed by atoms with Crippen molar-refractivity contribution in [1.29, 1.82) is 0 Å². The van der Waals surface area contributed by atoms with Crippen molar-refractivity contribution in [3.8, 4) is 11.4 Å². The standard InChI is InChI=1S/C28H36N6O4S/c1-5-29-26(36)17-24-28-33-32-18(2)34(28)25-11-8-21(37-4)16-23(25)27(31-24)20-6-9-22(10-7-20)39-15-14-38-13-12-30-19(3)35/h6-11,16,24,27,31H,5,12-15,17H2,1-4H3,(H,29,36)(H,30,35). The van der Waals surface area contributed by atoms with E-state index in [2.05, 4.69) is 50.4 Å². The molecular weight excluding hydrogens is 516 g/mol. The van der Waals surface area contributed by atoms with E-state index in [9.17, 15) is 9.59 Å². The Morgan fingerprint density at radius 2 is 1.90 bits per heavy atom. The summed E-state index contributed by atoms with van der Waals surface area (Å²) in [6, 6.07) is 13.9. The van der Waals surface area contributed by atoms with Crippen molar-refractivity contribution in [1.82, 2.24) is 30.7 Å². The molecule has 2 amide bonds. The first kappa shape index (κ1) is 28.6. The van der Waals surface area contributed by atoms with Gasteiger partial charge in [0.15, 0.2) is 5.82 Å². The molecule has 0 bridgehead atoms. The predicted molar refractivity (Wildman–Crippen MR) is 150 cm³/mol. The number of ether oxygens (including phenoxy) is 2. The van der Waals surface area contributed by atoms with Gasteiger partial charge in [0.2, 0.25) is 11.8 Å². The Bertz CT molecular complexity index is 1280. The van der Waals surface area contributed by atoms with E-state index in [1.807, 2.05) is 36.6 Å². The first-order valence-electron chi connectivity index (χ1n) is 13.1. The van der Waals surface area contributed by atoms with Crippen LogP contribution in [0, 0.1) is 6.92 Å². The van der Waals surface area contributed by atoms with Gasteiger partial charge in [0.1, 0.15) is 11.6 Å². The first-order chi connectivity index (χ1) is 18.9. The number of aryl methyl sites for hydroxylation is 1. The molecule has 3 N–H and O–H groups in total. The van der Waals surface area contributed by atoms with E-state index in [1.54, 1.807) is 18.9 Å². The van der Waals surface area contributed by atoms with Crippen molar-refractivity contribution < 1.29 is 19.1 Å². The molecule has 0 radical (unpaired) electrons. The average molecular weight is 553 g/mol. The Kier molecular flexibility index (Phi) is 9.96. The van der Waals surface area contributed by atoms with E-state index >= 15 is 0 Å². The van der Waals surface area contributed by atoms with Crippen molar-refractivity contribution in [2.24, 2.45) is 0 Å². The number of carbonyl (C=O) groups excluding carboxylic acids is 2. The lowest BCUT2D eigenvalue weighted by molar-refractivity contribution is -0.121. The van der Waals surface area contributed by atoms with Crippen LogP contribution in [0.25, 0.3) is 5.69 Å².